The maximum absolute atomic E-state index is 14.1. The summed E-state index contributed by atoms with van der Waals surface area (Å²) in [5.41, 5.74) is 1.35. The number of carbonyl (C=O) groups excluding carboxylic acids is 3. The van der Waals surface area contributed by atoms with Crippen molar-refractivity contribution in [2.75, 3.05) is 0 Å². The highest BCUT2D eigenvalue weighted by molar-refractivity contribution is 6.26. The minimum Gasteiger partial charge on any atom is -0.508 e. The molecule has 6 aliphatic carbocycles. The third-order valence-electron chi connectivity index (χ3n) is 16.0. The fourth-order valence-electron chi connectivity index (χ4n) is 12.4. The predicted molar refractivity (Wildman–Crippen MR) is 220 cm³/mol. The Labute approximate surface area is 346 Å². The molecule has 10 heteroatoms. The zero-order valence-electron chi connectivity index (χ0n) is 35.4. The average Bonchev–Trinajstić information content (AvgIpc) is 3.47. The number of ketones is 2. The van der Waals surface area contributed by atoms with Gasteiger partial charge in [0.25, 0.3) is 0 Å². The van der Waals surface area contributed by atoms with Gasteiger partial charge >= 0.3 is 11.9 Å². The molecule has 0 bridgehead atoms. The maximum atomic E-state index is 14.1. The Balaban J connectivity index is 1.21. The van der Waals surface area contributed by atoms with Gasteiger partial charge < -0.3 is 29.9 Å². The summed E-state index contributed by atoms with van der Waals surface area (Å²) in [6.45, 7) is 16.4. The number of ether oxygens (including phenoxy) is 2. The number of carboxylic acids is 1. The molecule has 59 heavy (non-hydrogen) atoms. The number of carbonyl (C=O) groups is 4. The molecule has 0 radical (unpaired) electrons. The summed E-state index contributed by atoms with van der Waals surface area (Å²) in [5, 5.41) is 42.6. The van der Waals surface area contributed by atoms with Crippen LogP contribution in [0.5, 0.6) is 11.5 Å². The van der Waals surface area contributed by atoms with Gasteiger partial charge in [0.2, 0.25) is 17.2 Å². The van der Waals surface area contributed by atoms with E-state index in [0.717, 1.165) is 38.2 Å². The third kappa shape index (κ3) is 6.21. The zero-order valence-corrected chi connectivity index (χ0v) is 35.4. The number of aliphatic hydroxyl groups is 1. The maximum Gasteiger partial charge on any atom is 0.343 e. The molecule has 2 saturated carbocycles. The molecule has 1 heterocycles. The normalized spacial score (nSPS) is 37.0. The van der Waals surface area contributed by atoms with Crippen molar-refractivity contribution in [3.63, 3.8) is 0 Å². The number of benzene rings is 1. The van der Waals surface area contributed by atoms with Gasteiger partial charge in [0.15, 0.2) is 0 Å². The zero-order chi connectivity index (χ0) is 42.7. The summed E-state index contributed by atoms with van der Waals surface area (Å²) >= 11 is 0. The van der Waals surface area contributed by atoms with E-state index in [1.165, 1.54) is 49.0 Å². The molecule has 0 spiro atoms. The van der Waals surface area contributed by atoms with Crippen molar-refractivity contribution in [2.24, 2.45) is 64.1 Å². The van der Waals surface area contributed by atoms with Crippen LogP contribution in [-0.4, -0.2) is 55.6 Å². The van der Waals surface area contributed by atoms with Gasteiger partial charge in [-0.15, -0.1) is 0 Å². The fraction of sp³-hybridized carbons (Fsp3) is 0.551. The third-order valence-corrected chi connectivity index (χ3v) is 16.0. The monoisotopic (exact) mass is 806 g/mol. The fourth-order valence-corrected chi connectivity index (χ4v) is 12.4. The van der Waals surface area contributed by atoms with Crippen LogP contribution in [0.4, 0.5) is 0 Å². The van der Waals surface area contributed by atoms with E-state index >= 15 is 0 Å². The Hall–Kier alpha value is -4.70. The highest BCUT2D eigenvalue weighted by Gasteiger charge is 2.65. The summed E-state index contributed by atoms with van der Waals surface area (Å²) in [7, 11) is 0. The number of phenols is 2. The first-order valence-corrected chi connectivity index (χ1v) is 21.4. The van der Waals surface area contributed by atoms with Crippen LogP contribution in [0.2, 0.25) is 0 Å². The Morgan fingerprint density at radius 1 is 0.983 bits per heavy atom. The van der Waals surface area contributed by atoms with Crippen LogP contribution in [0.25, 0.3) is 0 Å². The first-order valence-electron chi connectivity index (χ1n) is 21.4. The van der Waals surface area contributed by atoms with E-state index in [2.05, 4.69) is 59.8 Å². The van der Waals surface area contributed by atoms with E-state index in [4.69, 9.17) is 9.47 Å². The predicted octanol–water partition coefficient (Wildman–Crippen LogP) is 8.47. The largest absolute Gasteiger partial charge is 0.508 e. The van der Waals surface area contributed by atoms with Crippen LogP contribution in [-0.2, 0) is 23.9 Å². The lowest BCUT2D eigenvalue weighted by molar-refractivity contribution is -0.147. The van der Waals surface area contributed by atoms with Crippen LogP contribution in [0, 0.1) is 71.0 Å². The lowest BCUT2D eigenvalue weighted by Gasteiger charge is -2.58. The summed E-state index contributed by atoms with van der Waals surface area (Å²) < 4.78 is 12.0. The number of Topliss-reactive ketones (excluding diaryl/α,β-unsaturated/α-hetero) is 1. The van der Waals surface area contributed by atoms with Crippen molar-refractivity contribution in [3.8, 4) is 11.5 Å². The van der Waals surface area contributed by atoms with Crippen molar-refractivity contribution in [1.82, 2.24) is 0 Å². The summed E-state index contributed by atoms with van der Waals surface area (Å²) in [6, 6.07) is 2.23. The molecule has 7 aliphatic rings. The number of hydrogen-bond donors (Lipinski definition) is 4. The molecule has 12 atom stereocenters. The summed E-state index contributed by atoms with van der Waals surface area (Å²) in [4.78, 5) is 55.2. The van der Waals surface area contributed by atoms with Crippen molar-refractivity contribution >= 4 is 23.5 Å². The molecule has 1 aliphatic heterocycles. The second kappa shape index (κ2) is 14.2. The number of hydrogen-bond acceptors (Lipinski definition) is 9. The molecule has 0 saturated heterocycles. The second-order valence-corrected chi connectivity index (χ2v) is 19.7. The first-order chi connectivity index (χ1) is 27.7. The number of aliphatic hydroxyl groups excluding tert-OH is 1. The molecule has 8 rings (SSSR count). The highest BCUT2D eigenvalue weighted by Crippen LogP contribution is 2.72. The van der Waals surface area contributed by atoms with Gasteiger partial charge in [0, 0.05) is 17.9 Å². The highest BCUT2D eigenvalue weighted by atomic mass is 16.6. The Bertz CT molecular complexity index is 2210. The van der Waals surface area contributed by atoms with Crippen molar-refractivity contribution < 1.29 is 49.1 Å². The first kappa shape index (κ1) is 41.1. The second-order valence-electron chi connectivity index (χ2n) is 19.7. The molecule has 1 aromatic rings. The van der Waals surface area contributed by atoms with E-state index in [0.29, 0.717) is 24.0 Å². The number of rotatable bonds is 8. The molecular formula is C49H58O10. The Kier molecular flexibility index (Phi) is 9.89. The molecule has 12 unspecified atom stereocenters. The smallest absolute Gasteiger partial charge is 0.343 e. The van der Waals surface area contributed by atoms with E-state index in [-0.39, 0.29) is 68.4 Å². The summed E-state index contributed by atoms with van der Waals surface area (Å²) in [5.74, 6) is -4.61. The van der Waals surface area contributed by atoms with Crippen LogP contribution in [0.3, 0.4) is 0 Å². The topological polar surface area (TPSA) is 168 Å². The average molecular weight is 807 g/mol. The van der Waals surface area contributed by atoms with Crippen molar-refractivity contribution in [1.29, 1.82) is 0 Å². The molecule has 10 nitrogen and oxygen atoms in total. The minimum atomic E-state index is -2.27. The van der Waals surface area contributed by atoms with E-state index in [1.807, 2.05) is 0 Å². The summed E-state index contributed by atoms with van der Waals surface area (Å²) in [6.07, 6.45) is 15.4. The van der Waals surface area contributed by atoms with Crippen LogP contribution in [0.1, 0.15) is 103 Å². The van der Waals surface area contributed by atoms with Gasteiger partial charge in [0.1, 0.15) is 29.1 Å². The molecular weight excluding hydrogens is 749 g/mol. The Morgan fingerprint density at radius 3 is 2.37 bits per heavy atom. The van der Waals surface area contributed by atoms with Gasteiger partial charge in [-0.2, -0.15) is 0 Å². The number of carboxylic acid groups (broad SMARTS) is 1. The molecule has 1 aromatic carbocycles. The van der Waals surface area contributed by atoms with Crippen molar-refractivity contribution in [3.05, 3.63) is 93.5 Å². The standard InChI is InChI=1S/C49H58O10/c1-23(2)24(3)9-10-25(4)35-21-32-42(45(55)56)41(31-19-28-18-29(50)11-13-47(28,6)34-12-14-48(35,7)43(32)40(31)34)37-16-27-17-38(53)49(8,44(54)33(27)22-58-37)59-46(57)39-26(5)15-30(51)20-36(39)52/h9-10,15-17,19-20,22-25,29,31-32,34-35,41-42,50-52H,11-14,18,21H2,1-8H3,(H,55,56). The van der Waals surface area contributed by atoms with Gasteiger partial charge in [-0.25, -0.2) is 4.79 Å². The number of allylic oxidation sites excluding steroid dienone is 8. The van der Waals surface area contributed by atoms with Crippen molar-refractivity contribution in [2.45, 2.75) is 106 Å². The van der Waals surface area contributed by atoms with E-state index in [1.54, 1.807) is 6.08 Å². The lowest BCUT2D eigenvalue weighted by Crippen LogP contribution is -2.52. The minimum absolute atomic E-state index is 0.00292. The van der Waals surface area contributed by atoms with E-state index < -0.39 is 52.8 Å². The Morgan fingerprint density at radius 2 is 1.69 bits per heavy atom. The quantitative estimate of drug-likeness (QED) is 0.114. The molecule has 4 N–H and O–H groups in total. The molecule has 0 aromatic heterocycles. The number of esters is 1. The van der Waals surface area contributed by atoms with Gasteiger partial charge in [0.05, 0.1) is 17.6 Å². The van der Waals surface area contributed by atoms with Gasteiger partial charge in [-0.3, -0.25) is 14.4 Å². The molecule has 314 valence electrons. The number of aliphatic carboxylic acids is 1. The van der Waals surface area contributed by atoms with E-state index in [9.17, 15) is 39.6 Å². The number of phenolic OH excluding ortho intramolecular Hbond substituents is 2. The van der Waals surface area contributed by atoms with Gasteiger partial charge in [-0.1, -0.05) is 76.5 Å². The number of fused-ring (bicyclic) bond motifs is 3. The number of aromatic hydroxyl groups is 2. The van der Waals surface area contributed by atoms with Crippen LogP contribution < -0.4 is 0 Å². The number of aryl methyl sites for hydroxylation is 1. The molecule has 0 amide bonds. The van der Waals surface area contributed by atoms with Gasteiger partial charge in [-0.05, 0) is 128 Å². The van der Waals surface area contributed by atoms with Crippen LogP contribution in [0.15, 0.2) is 82.4 Å². The molecule has 2 fully saturated rings. The van der Waals surface area contributed by atoms with Crippen LogP contribution >= 0.6 is 0 Å². The SMILES string of the molecule is Cc1cc(O)cc(O)c1C(=O)OC1(C)C(=O)C=C2C=C(C3C4C=C5CC(O)CCC5(C)C5CCC6(C)C(=C45)C(CC6C(C)C=CC(C)C(C)C)C3C(=O)O)OC=C2C1=O. The lowest BCUT2D eigenvalue weighted by atomic mass is 9.46.